The van der Waals surface area contributed by atoms with Crippen LogP contribution in [0.2, 0.25) is 0 Å². The van der Waals surface area contributed by atoms with Gasteiger partial charge >= 0.3 is 5.97 Å². The molecule has 27 heavy (non-hydrogen) atoms. The first-order valence-corrected chi connectivity index (χ1v) is 8.39. The highest BCUT2D eigenvalue weighted by Crippen LogP contribution is 2.25. The van der Waals surface area contributed by atoms with Crippen LogP contribution in [-0.4, -0.2) is 38.9 Å². The fourth-order valence-electron chi connectivity index (χ4n) is 2.85. The molecule has 3 aromatic rings. The molecule has 1 aromatic carbocycles. The Morgan fingerprint density at radius 3 is 2.59 bits per heavy atom. The molecule has 0 atom stereocenters. The molecule has 3 rings (SSSR count). The lowest BCUT2D eigenvalue weighted by atomic mass is 10.1. The van der Waals surface area contributed by atoms with Gasteiger partial charge in [-0.2, -0.15) is 5.10 Å². The average Bonchev–Trinajstić information content (AvgIpc) is 3.04. The number of ether oxygens (including phenoxy) is 1. The number of hydrogen-bond donors (Lipinski definition) is 2. The second-order valence-electron chi connectivity index (χ2n) is 6.41. The Balaban J connectivity index is 1.99. The summed E-state index contributed by atoms with van der Waals surface area (Å²) < 4.78 is 6.87. The molecule has 0 aliphatic rings. The van der Waals surface area contributed by atoms with E-state index in [0.717, 1.165) is 0 Å². The zero-order valence-electron chi connectivity index (χ0n) is 15.5. The number of aromatic carboxylic acids is 1. The third-order valence-electron chi connectivity index (χ3n) is 4.12. The van der Waals surface area contributed by atoms with E-state index in [-0.39, 0.29) is 23.3 Å². The summed E-state index contributed by atoms with van der Waals surface area (Å²) in [5.74, 6) is -1.26. The minimum Gasteiger partial charge on any atom is -0.496 e. The van der Waals surface area contributed by atoms with Gasteiger partial charge in [0.15, 0.2) is 5.65 Å². The molecule has 0 spiro atoms. The minimum atomic E-state index is -1.10. The highest BCUT2D eigenvalue weighted by Gasteiger charge is 2.18. The molecule has 0 radical (unpaired) electrons. The largest absolute Gasteiger partial charge is 0.496 e. The lowest BCUT2D eigenvalue weighted by Gasteiger charge is -2.11. The van der Waals surface area contributed by atoms with Crippen LogP contribution in [0.1, 0.15) is 46.3 Å². The number of carbonyl (C=O) groups excluding carboxylic acids is 1. The Hall–Kier alpha value is -3.42. The standard InChI is InChI=1S/C19H20N4O4/c1-10(2)23-17-15(9-20-23)14(7-11(3)21-17)18(24)22-12-5-6-13(19(25)26)16(8-12)27-4/h5-10H,1-4H3,(H,22,24)(H,25,26). The van der Waals surface area contributed by atoms with Gasteiger partial charge in [-0.15, -0.1) is 0 Å². The SMILES string of the molecule is COc1cc(NC(=O)c2cc(C)nc3c2cnn3C(C)C)ccc1C(=O)O. The highest BCUT2D eigenvalue weighted by molar-refractivity contribution is 6.12. The summed E-state index contributed by atoms with van der Waals surface area (Å²) in [5, 5.41) is 16.9. The van der Waals surface area contributed by atoms with Crippen LogP contribution in [0.25, 0.3) is 11.0 Å². The number of pyridine rings is 1. The number of methoxy groups -OCH3 is 1. The van der Waals surface area contributed by atoms with Gasteiger partial charge in [0, 0.05) is 23.5 Å². The van der Waals surface area contributed by atoms with Gasteiger partial charge in [0.25, 0.3) is 5.91 Å². The van der Waals surface area contributed by atoms with Crippen molar-refractivity contribution in [3.8, 4) is 5.75 Å². The van der Waals surface area contributed by atoms with Crippen LogP contribution in [0.15, 0.2) is 30.5 Å². The van der Waals surface area contributed by atoms with E-state index in [9.17, 15) is 9.59 Å². The van der Waals surface area contributed by atoms with Crippen molar-refractivity contribution in [2.45, 2.75) is 26.8 Å². The molecule has 8 heteroatoms. The van der Waals surface area contributed by atoms with Gasteiger partial charge in [-0.05, 0) is 39.0 Å². The molecule has 0 aliphatic carbocycles. The molecule has 0 fully saturated rings. The number of nitrogens with one attached hydrogen (secondary N) is 1. The monoisotopic (exact) mass is 368 g/mol. The van der Waals surface area contributed by atoms with Gasteiger partial charge < -0.3 is 15.2 Å². The van der Waals surface area contributed by atoms with E-state index in [2.05, 4.69) is 15.4 Å². The van der Waals surface area contributed by atoms with Crippen molar-refractivity contribution in [2.75, 3.05) is 12.4 Å². The van der Waals surface area contributed by atoms with E-state index in [1.54, 1.807) is 16.9 Å². The van der Waals surface area contributed by atoms with E-state index < -0.39 is 5.97 Å². The topological polar surface area (TPSA) is 106 Å². The van der Waals surface area contributed by atoms with E-state index in [1.165, 1.54) is 25.3 Å². The first-order chi connectivity index (χ1) is 12.8. The maximum atomic E-state index is 12.8. The first kappa shape index (κ1) is 18.4. The zero-order chi connectivity index (χ0) is 19.7. The van der Waals surface area contributed by atoms with Gasteiger partial charge in [0.2, 0.25) is 0 Å². The average molecular weight is 368 g/mol. The third-order valence-corrected chi connectivity index (χ3v) is 4.12. The van der Waals surface area contributed by atoms with Gasteiger partial charge in [-0.25, -0.2) is 14.5 Å². The molecular formula is C19H20N4O4. The number of carboxylic acids is 1. The first-order valence-electron chi connectivity index (χ1n) is 8.39. The Bertz CT molecular complexity index is 1040. The number of anilines is 1. The van der Waals surface area contributed by atoms with Crippen LogP contribution in [0.5, 0.6) is 5.75 Å². The summed E-state index contributed by atoms with van der Waals surface area (Å²) in [6.07, 6.45) is 1.63. The molecular weight excluding hydrogens is 348 g/mol. The van der Waals surface area contributed by atoms with E-state index >= 15 is 0 Å². The van der Waals surface area contributed by atoms with Crippen LogP contribution in [0.3, 0.4) is 0 Å². The van der Waals surface area contributed by atoms with E-state index in [4.69, 9.17) is 9.84 Å². The van der Waals surface area contributed by atoms with Crippen molar-refractivity contribution in [1.29, 1.82) is 0 Å². The summed E-state index contributed by atoms with van der Waals surface area (Å²) in [7, 11) is 1.38. The molecule has 1 amide bonds. The summed E-state index contributed by atoms with van der Waals surface area (Å²) in [6.45, 7) is 5.80. The van der Waals surface area contributed by atoms with Crippen molar-refractivity contribution in [1.82, 2.24) is 14.8 Å². The molecule has 0 unspecified atom stereocenters. The van der Waals surface area contributed by atoms with Gasteiger partial charge in [0.05, 0.1) is 24.3 Å². The lowest BCUT2D eigenvalue weighted by molar-refractivity contribution is 0.0693. The zero-order valence-corrected chi connectivity index (χ0v) is 15.5. The molecule has 140 valence electrons. The number of carbonyl (C=O) groups is 2. The quantitative estimate of drug-likeness (QED) is 0.716. The highest BCUT2D eigenvalue weighted by atomic mass is 16.5. The van der Waals surface area contributed by atoms with Crippen molar-refractivity contribution in [3.63, 3.8) is 0 Å². The molecule has 2 heterocycles. The van der Waals surface area contributed by atoms with Crippen LogP contribution >= 0.6 is 0 Å². The molecule has 0 aliphatic heterocycles. The second-order valence-corrected chi connectivity index (χ2v) is 6.41. The van der Waals surface area contributed by atoms with Crippen molar-refractivity contribution in [3.05, 3.63) is 47.3 Å². The van der Waals surface area contributed by atoms with Crippen LogP contribution < -0.4 is 10.1 Å². The predicted octanol–water partition coefficient (Wildman–Crippen LogP) is 3.28. The number of nitrogens with zero attached hydrogens (tertiary/aromatic N) is 3. The summed E-state index contributed by atoms with van der Waals surface area (Å²) in [6, 6.07) is 6.20. The molecule has 0 saturated carbocycles. The number of aryl methyl sites for hydroxylation is 1. The Morgan fingerprint density at radius 2 is 1.96 bits per heavy atom. The van der Waals surface area contributed by atoms with Crippen LogP contribution in [0.4, 0.5) is 5.69 Å². The van der Waals surface area contributed by atoms with Gasteiger partial charge in [-0.3, -0.25) is 4.79 Å². The minimum absolute atomic E-state index is 0.0239. The van der Waals surface area contributed by atoms with Gasteiger partial charge in [-0.1, -0.05) is 0 Å². The van der Waals surface area contributed by atoms with E-state index in [1.807, 2.05) is 20.8 Å². The molecule has 2 N–H and O–H groups in total. The van der Waals surface area contributed by atoms with Crippen molar-refractivity contribution >= 4 is 28.6 Å². The molecule has 0 bridgehead atoms. The number of aromatic nitrogens is 3. The number of hydrogen-bond acceptors (Lipinski definition) is 5. The Morgan fingerprint density at radius 1 is 1.22 bits per heavy atom. The fourth-order valence-corrected chi connectivity index (χ4v) is 2.85. The number of benzene rings is 1. The fraction of sp³-hybridized carbons (Fsp3) is 0.263. The van der Waals surface area contributed by atoms with Crippen molar-refractivity contribution < 1.29 is 19.4 Å². The number of carboxylic acid groups (broad SMARTS) is 1. The molecule has 0 saturated heterocycles. The normalized spacial score (nSPS) is 11.0. The molecule has 8 nitrogen and oxygen atoms in total. The number of rotatable bonds is 5. The maximum absolute atomic E-state index is 12.8. The number of fused-ring (bicyclic) bond motifs is 1. The lowest BCUT2D eigenvalue weighted by Crippen LogP contribution is -2.14. The number of amides is 1. The van der Waals surface area contributed by atoms with E-state index in [0.29, 0.717) is 28.0 Å². The smallest absolute Gasteiger partial charge is 0.339 e. The maximum Gasteiger partial charge on any atom is 0.339 e. The third kappa shape index (κ3) is 3.46. The summed E-state index contributed by atoms with van der Waals surface area (Å²) >= 11 is 0. The predicted molar refractivity (Wildman–Crippen MR) is 101 cm³/mol. The summed E-state index contributed by atoms with van der Waals surface area (Å²) in [5.41, 5.74) is 2.25. The summed E-state index contributed by atoms with van der Waals surface area (Å²) in [4.78, 5) is 28.5. The van der Waals surface area contributed by atoms with Crippen LogP contribution in [-0.2, 0) is 0 Å². The van der Waals surface area contributed by atoms with Crippen LogP contribution in [0, 0.1) is 6.92 Å². The second kappa shape index (κ2) is 7.06. The van der Waals surface area contributed by atoms with Gasteiger partial charge in [0.1, 0.15) is 11.3 Å². The molecule has 2 aromatic heterocycles. The Labute approximate surface area is 155 Å². The Kier molecular flexibility index (Phi) is 4.81. The van der Waals surface area contributed by atoms with Crippen molar-refractivity contribution in [2.24, 2.45) is 0 Å².